The van der Waals surface area contributed by atoms with Crippen LogP contribution < -0.4 is 21.3 Å². The Hall–Kier alpha value is -3.09. The lowest BCUT2D eigenvalue weighted by molar-refractivity contribution is 0.589. The van der Waals surface area contributed by atoms with Crippen LogP contribution in [0.1, 0.15) is 12.5 Å². The number of benzene rings is 1. The molecule has 2 aromatic rings. The molecule has 0 saturated heterocycles. The number of halogens is 1. The minimum absolute atomic E-state index is 0.243. The van der Waals surface area contributed by atoms with Crippen molar-refractivity contribution in [3.8, 4) is 0 Å². The lowest BCUT2D eigenvalue weighted by Crippen LogP contribution is -2.46. The molecule has 1 atom stereocenters. The van der Waals surface area contributed by atoms with Crippen LogP contribution in [0.25, 0.3) is 0 Å². The van der Waals surface area contributed by atoms with Crippen molar-refractivity contribution in [2.75, 3.05) is 22.5 Å². The van der Waals surface area contributed by atoms with Gasteiger partial charge in [-0.1, -0.05) is 6.07 Å². The third-order valence-electron chi connectivity index (χ3n) is 3.83. The van der Waals surface area contributed by atoms with Crippen molar-refractivity contribution in [1.29, 1.82) is 0 Å². The highest BCUT2D eigenvalue weighted by Crippen LogP contribution is 2.22. The largest absolute Gasteiger partial charge is 0.399 e. The number of anilines is 3. The molecule has 0 bridgehead atoms. The van der Waals surface area contributed by atoms with Crippen LogP contribution in [-0.4, -0.2) is 23.9 Å². The van der Waals surface area contributed by atoms with E-state index in [1.807, 2.05) is 17.9 Å². The predicted molar refractivity (Wildman–Crippen MR) is 100.0 cm³/mol. The Labute approximate surface area is 146 Å². The Morgan fingerprint density at radius 1 is 1.32 bits per heavy atom. The van der Waals surface area contributed by atoms with E-state index >= 15 is 0 Å². The molecule has 0 aliphatic carbocycles. The molecule has 0 fully saturated rings. The Morgan fingerprint density at radius 3 is 2.88 bits per heavy atom. The molecular weight excluding hydrogens is 319 g/mol. The number of aromatic nitrogens is 1. The van der Waals surface area contributed by atoms with Crippen molar-refractivity contribution >= 4 is 23.4 Å². The van der Waals surface area contributed by atoms with Gasteiger partial charge in [0.05, 0.1) is 0 Å². The number of nitrogens with zero attached hydrogens (tertiary/aromatic N) is 3. The molecule has 130 valence electrons. The number of hydrogen-bond donors (Lipinski definition) is 3. The monoisotopic (exact) mass is 340 g/mol. The van der Waals surface area contributed by atoms with Crippen LogP contribution in [0.15, 0.2) is 53.9 Å². The van der Waals surface area contributed by atoms with Crippen LogP contribution in [0.4, 0.5) is 21.6 Å². The van der Waals surface area contributed by atoms with Gasteiger partial charge in [-0.3, -0.25) is 4.99 Å². The summed E-state index contributed by atoms with van der Waals surface area (Å²) in [5.41, 5.74) is 7.81. The molecule has 0 radical (unpaired) electrons. The molecule has 1 aliphatic heterocycles. The molecule has 0 amide bonds. The minimum atomic E-state index is -0.268. The van der Waals surface area contributed by atoms with Gasteiger partial charge in [-0.2, -0.15) is 0 Å². The van der Waals surface area contributed by atoms with E-state index in [0.717, 1.165) is 12.2 Å². The second kappa shape index (κ2) is 7.65. The summed E-state index contributed by atoms with van der Waals surface area (Å²) in [5.74, 6) is 0.380. The quantitative estimate of drug-likeness (QED) is 0.753. The van der Waals surface area contributed by atoms with E-state index in [2.05, 4.69) is 20.6 Å². The Morgan fingerprint density at radius 2 is 2.20 bits per heavy atom. The summed E-state index contributed by atoms with van der Waals surface area (Å²) in [6.07, 6.45) is 6.54. The molecule has 0 spiro atoms. The van der Waals surface area contributed by atoms with Crippen molar-refractivity contribution in [3.63, 3.8) is 0 Å². The highest BCUT2D eigenvalue weighted by molar-refractivity contribution is 5.71. The molecule has 0 saturated carbocycles. The van der Waals surface area contributed by atoms with Crippen molar-refractivity contribution in [2.24, 2.45) is 4.99 Å². The summed E-state index contributed by atoms with van der Waals surface area (Å²) < 4.78 is 14.5. The molecule has 4 N–H and O–H groups in total. The molecule has 6 nitrogen and oxygen atoms in total. The highest BCUT2D eigenvalue weighted by Gasteiger charge is 2.20. The molecule has 1 unspecified atom stereocenters. The van der Waals surface area contributed by atoms with Gasteiger partial charge in [0.1, 0.15) is 17.8 Å². The molecule has 1 aliphatic rings. The number of rotatable bonds is 6. The van der Waals surface area contributed by atoms with Gasteiger partial charge in [0, 0.05) is 60.9 Å². The van der Waals surface area contributed by atoms with E-state index in [1.54, 1.807) is 43.0 Å². The minimum Gasteiger partial charge on any atom is -0.399 e. The molecule has 1 aromatic heterocycles. The van der Waals surface area contributed by atoms with Crippen molar-refractivity contribution in [1.82, 2.24) is 10.3 Å². The highest BCUT2D eigenvalue weighted by atomic mass is 19.1. The fourth-order valence-corrected chi connectivity index (χ4v) is 2.62. The maximum absolute atomic E-state index is 14.5. The molecule has 25 heavy (non-hydrogen) atoms. The second-order valence-electron chi connectivity index (χ2n) is 5.64. The summed E-state index contributed by atoms with van der Waals surface area (Å²) in [7, 11) is 0. The van der Waals surface area contributed by atoms with Crippen LogP contribution >= 0.6 is 0 Å². The number of hydrogen-bond acceptors (Lipinski definition) is 6. The third-order valence-corrected chi connectivity index (χ3v) is 3.83. The molecule has 2 heterocycles. The van der Waals surface area contributed by atoms with Crippen LogP contribution in [0, 0.1) is 5.82 Å². The van der Waals surface area contributed by atoms with Crippen molar-refractivity contribution < 1.29 is 4.39 Å². The molecule has 7 heteroatoms. The van der Waals surface area contributed by atoms with E-state index < -0.39 is 0 Å². The normalized spacial score (nSPS) is 15.7. The molecular formula is C18H21FN6. The Kier molecular flexibility index (Phi) is 5.13. The summed E-state index contributed by atoms with van der Waals surface area (Å²) in [5, 5.41) is 6.30. The zero-order chi connectivity index (χ0) is 17.6. The Bertz CT molecular complexity index is 789. The van der Waals surface area contributed by atoms with E-state index in [-0.39, 0.29) is 12.0 Å². The maximum atomic E-state index is 14.5. The van der Waals surface area contributed by atoms with Crippen molar-refractivity contribution in [2.45, 2.75) is 19.6 Å². The Balaban J connectivity index is 1.90. The summed E-state index contributed by atoms with van der Waals surface area (Å²) >= 11 is 0. The van der Waals surface area contributed by atoms with Gasteiger partial charge >= 0.3 is 0 Å². The van der Waals surface area contributed by atoms with Crippen LogP contribution in [0.2, 0.25) is 0 Å². The van der Waals surface area contributed by atoms with Crippen molar-refractivity contribution in [3.05, 3.63) is 60.3 Å². The first-order valence-corrected chi connectivity index (χ1v) is 8.12. The van der Waals surface area contributed by atoms with Gasteiger partial charge in [0.2, 0.25) is 0 Å². The number of nitrogens with one attached hydrogen (secondary N) is 2. The van der Waals surface area contributed by atoms with E-state index in [0.29, 0.717) is 23.6 Å². The van der Waals surface area contributed by atoms with Gasteiger partial charge in [-0.25, -0.2) is 9.37 Å². The zero-order valence-corrected chi connectivity index (χ0v) is 14.0. The van der Waals surface area contributed by atoms with E-state index in [9.17, 15) is 4.39 Å². The van der Waals surface area contributed by atoms with Gasteiger partial charge in [-0.05, 0) is 25.1 Å². The van der Waals surface area contributed by atoms with Crippen LogP contribution in [0.3, 0.4) is 0 Å². The number of nitrogen functional groups attached to an aromatic ring is 1. The number of aliphatic imine (C=N–C) groups is 1. The topological polar surface area (TPSA) is 78.6 Å². The number of pyridine rings is 1. The fourth-order valence-electron chi connectivity index (χ4n) is 2.62. The first-order chi connectivity index (χ1) is 12.2. The average Bonchev–Trinajstić information content (AvgIpc) is 2.62. The average molecular weight is 340 g/mol. The molecule has 3 rings (SSSR count). The van der Waals surface area contributed by atoms with Gasteiger partial charge in [0.25, 0.3) is 0 Å². The zero-order valence-electron chi connectivity index (χ0n) is 14.0. The SMILES string of the molecule is CCNc1ccc(CN(c2cc(N)ccn2)C2C=NC=CN2)c(F)c1. The first-order valence-electron chi connectivity index (χ1n) is 8.12. The van der Waals surface area contributed by atoms with E-state index in [4.69, 9.17) is 5.73 Å². The van der Waals surface area contributed by atoms with Gasteiger partial charge < -0.3 is 21.3 Å². The fraction of sp³-hybridized carbons (Fsp3) is 0.222. The first kappa shape index (κ1) is 16.8. The van der Waals surface area contributed by atoms with Gasteiger partial charge in [-0.15, -0.1) is 0 Å². The predicted octanol–water partition coefficient (Wildman–Crippen LogP) is 2.71. The maximum Gasteiger partial charge on any atom is 0.137 e. The van der Waals surface area contributed by atoms with Crippen LogP contribution in [-0.2, 0) is 6.54 Å². The summed E-state index contributed by atoms with van der Waals surface area (Å²) in [6, 6.07) is 8.64. The lowest BCUT2D eigenvalue weighted by Gasteiger charge is -2.31. The summed E-state index contributed by atoms with van der Waals surface area (Å²) in [6.45, 7) is 3.04. The third kappa shape index (κ3) is 4.06. The number of nitrogens with two attached hydrogens (primary N) is 1. The molecule has 1 aromatic carbocycles. The smallest absolute Gasteiger partial charge is 0.137 e. The van der Waals surface area contributed by atoms with Crippen LogP contribution in [0.5, 0.6) is 0 Å². The second-order valence-corrected chi connectivity index (χ2v) is 5.64. The summed E-state index contributed by atoms with van der Waals surface area (Å²) in [4.78, 5) is 10.4. The van der Waals surface area contributed by atoms with Gasteiger partial charge in [0.15, 0.2) is 0 Å². The standard InChI is InChI=1S/C18H21FN6/c1-2-22-15-4-3-13(16(19)10-15)12-25(18-11-21-7-8-24-18)17-9-14(20)5-6-23-17/h3-11,18,22,24H,2,12H2,1H3,(H2,20,23). The van der Waals surface area contributed by atoms with E-state index in [1.165, 1.54) is 6.07 Å². The lowest BCUT2D eigenvalue weighted by atomic mass is 10.1.